The largest absolute Gasteiger partial charge is 0.362 e. The quantitative estimate of drug-likeness (QED) is 0.691. The Bertz CT molecular complexity index is 979. The van der Waals surface area contributed by atoms with Crippen molar-refractivity contribution >= 4 is 23.3 Å². The average molecular weight is 398 g/mol. The van der Waals surface area contributed by atoms with Gasteiger partial charge < -0.3 is 10.2 Å². The van der Waals surface area contributed by atoms with Crippen LogP contribution < -0.4 is 10.2 Å². The van der Waals surface area contributed by atoms with Gasteiger partial charge in [-0.3, -0.25) is 4.79 Å². The van der Waals surface area contributed by atoms with Gasteiger partial charge in [-0.2, -0.15) is 5.10 Å². The lowest BCUT2D eigenvalue weighted by Crippen LogP contribution is -2.26. The van der Waals surface area contributed by atoms with E-state index in [4.69, 9.17) is 11.6 Å². The van der Waals surface area contributed by atoms with E-state index in [0.717, 1.165) is 34.0 Å². The number of nitrogens with zero attached hydrogens (tertiary/aromatic N) is 4. The summed E-state index contributed by atoms with van der Waals surface area (Å²) in [6, 6.07) is 11.3. The van der Waals surface area contributed by atoms with Gasteiger partial charge in [0.05, 0.1) is 17.8 Å². The van der Waals surface area contributed by atoms with Crippen molar-refractivity contribution in [2.45, 2.75) is 26.8 Å². The Labute approximate surface area is 170 Å². The fraction of sp³-hybridized carbons (Fsp3) is 0.286. The number of benzene rings is 1. The van der Waals surface area contributed by atoms with Crippen molar-refractivity contribution in [3.05, 3.63) is 70.1 Å². The van der Waals surface area contributed by atoms with Gasteiger partial charge in [-0.15, -0.1) is 0 Å². The molecule has 0 fully saturated rings. The average Bonchev–Trinajstić information content (AvgIpc) is 2.95. The highest BCUT2D eigenvalue weighted by atomic mass is 35.5. The number of carbonyl (C=O) groups is 1. The van der Waals surface area contributed by atoms with Crippen LogP contribution >= 0.6 is 11.6 Å². The smallest absolute Gasteiger partial charge is 0.224 e. The molecule has 1 N–H and O–H groups in total. The van der Waals surface area contributed by atoms with E-state index in [1.807, 2.05) is 73.9 Å². The van der Waals surface area contributed by atoms with Crippen LogP contribution in [0.15, 0.2) is 42.6 Å². The number of hydrogen-bond donors (Lipinski definition) is 1. The molecule has 3 rings (SSSR count). The Morgan fingerprint density at radius 3 is 2.57 bits per heavy atom. The summed E-state index contributed by atoms with van der Waals surface area (Å²) in [5, 5.41) is 8.27. The predicted octanol–water partition coefficient (Wildman–Crippen LogP) is 3.46. The van der Waals surface area contributed by atoms with E-state index < -0.39 is 0 Å². The number of rotatable bonds is 6. The number of amides is 1. The van der Waals surface area contributed by atoms with Crippen molar-refractivity contribution in [3.63, 3.8) is 0 Å². The molecule has 3 aromatic rings. The van der Waals surface area contributed by atoms with Gasteiger partial charge in [-0.05, 0) is 44.2 Å². The van der Waals surface area contributed by atoms with Crippen LogP contribution in [0.5, 0.6) is 0 Å². The van der Waals surface area contributed by atoms with Crippen LogP contribution in [-0.2, 0) is 17.8 Å². The topological polar surface area (TPSA) is 63.1 Å². The Kier molecular flexibility index (Phi) is 5.99. The number of hydrogen-bond acceptors (Lipinski definition) is 4. The summed E-state index contributed by atoms with van der Waals surface area (Å²) in [6.07, 6.45) is 2.03. The molecule has 2 heterocycles. The van der Waals surface area contributed by atoms with Crippen LogP contribution in [0.2, 0.25) is 5.02 Å². The molecule has 6 nitrogen and oxygen atoms in total. The second kappa shape index (κ2) is 8.44. The zero-order valence-electron chi connectivity index (χ0n) is 16.5. The number of aromatic nitrogens is 3. The van der Waals surface area contributed by atoms with Crippen molar-refractivity contribution < 1.29 is 4.79 Å². The van der Waals surface area contributed by atoms with Gasteiger partial charge in [0.1, 0.15) is 5.82 Å². The molecule has 0 atom stereocenters. The first-order chi connectivity index (χ1) is 13.4. The molecule has 0 saturated carbocycles. The van der Waals surface area contributed by atoms with Gasteiger partial charge in [-0.1, -0.05) is 17.7 Å². The minimum absolute atomic E-state index is 0.0459. The molecular weight excluding hydrogens is 374 g/mol. The van der Waals surface area contributed by atoms with Gasteiger partial charge in [0.2, 0.25) is 5.91 Å². The van der Waals surface area contributed by atoms with Gasteiger partial charge in [0, 0.05) is 48.7 Å². The fourth-order valence-corrected chi connectivity index (χ4v) is 3.28. The van der Waals surface area contributed by atoms with E-state index in [9.17, 15) is 4.79 Å². The van der Waals surface area contributed by atoms with E-state index in [1.165, 1.54) is 0 Å². The molecule has 28 heavy (non-hydrogen) atoms. The van der Waals surface area contributed by atoms with Crippen LogP contribution in [0.25, 0.3) is 5.69 Å². The first-order valence-electron chi connectivity index (χ1n) is 9.05. The molecule has 146 valence electrons. The molecule has 7 heteroatoms. The van der Waals surface area contributed by atoms with Crippen molar-refractivity contribution in [1.29, 1.82) is 0 Å². The molecule has 0 bridgehead atoms. The van der Waals surface area contributed by atoms with Crippen molar-refractivity contribution in [2.24, 2.45) is 0 Å². The van der Waals surface area contributed by atoms with Gasteiger partial charge in [0.25, 0.3) is 0 Å². The Balaban J connectivity index is 1.72. The highest BCUT2D eigenvalue weighted by molar-refractivity contribution is 6.30. The van der Waals surface area contributed by atoms with Crippen LogP contribution in [0, 0.1) is 13.8 Å². The van der Waals surface area contributed by atoms with Crippen molar-refractivity contribution in [2.75, 3.05) is 19.0 Å². The summed E-state index contributed by atoms with van der Waals surface area (Å²) in [5.41, 5.74) is 4.63. The summed E-state index contributed by atoms with van der Waals surface area (Å²) in [4.78, 5) is 18.9. The molecule has 0 unspecified atom stereocenters. The summed E-state index contributed by atoms with van der Waals surface area (Å²) >= 11 is 5.97. The summed E-state index contributed by atoms with van der Waals surface area (Å²) in [6.45, 7) is 4.33. The summed E-state index contributed by atoms with van der Waals surface area (Å²) in [7, 11) is 3.87. The maximum atomic E-state index is 12.6. The first-order valence-corrected chi connectivity index (χ1v) is 9.43. The van der Waals surface area contributed by atoms with Crippen LogP contribution in [0.1, 0.15) is 22.5 Å². The Hall–Kier alpha value is -2.86. The Morgan fingerprint density at radius 1 is 1.18 bits per heavy atom. The maximum Gasteiger partial charge on any atom is 0.224 e. The molecule has 0 saturated heterocycles. The van der Waals surface area contributed by atoms with E-state index >= 15 is 0 Å². The molecule has 0 aliphatic rings. The molecule has 1 aromatic carbocycles. The third kappa shape index (κ3) is 4.34. The van der Waals surface area contributed by atoms with Crippen LogP contribution in [-0.4, -0.2) is 34.8 Å². The summed E-state index contributed by atoms with van der Waals surface area (Å²) < 4.78 is 1.85. The van der Waals surface area contributed by atoms with Crippen molar-refractivity contribution in [3.8, 4) is 5.69 Å². The normalized spacial score (nSPS) is 10.8. The highest BCUT2D eigenvalue weighted by Gasteiger charge is 2.16. The fourth-order valence-electron chi connectivity index (χ4n) is 3.15. The highest BCUT2D eigenvalue weighted by Crippen LogP contribution is 2.20. The Morgan fingerprint density at radius 2 is 1.89 bits per heavy atom. The number of nitrogens with one attached hydrogen (secondary N) is 1. The lowest BCUT2D eigenvalue weighted by Gasteiger charge is -2.16. The second-order valence-electron chi connectivity index (χ2n) is 6.87. The lowest BCUT2D eigenvalue weighted by atomic mass is 10.1. The third-order valence-electron chi connectivity index (χ3n) is 4.62. The predicted molar refractivity (Wildman–Crippen MR) is 112 cm³/mol. The molecule has 1 amide bonds. The zero-order valence-corrected chi connectivity index (χ0v) is 17.3. The van der Waals surface area contributed by atoms with E-state index in [2.05, 4.69) is 15.4 Å². The zero-order chi connectivity index (χ0) is 20.3. The second-order valence-corrected chi connectivity index (χ2v) is 7.31. The molecule has 0 radical (unpaired) electrons. The van der Waals surface area contributed by atoms with Crippen LogP contribution in [0.4, 0.5) is 5.82 Å². The molecule has 0 aliphatic carbocycles. The van der Waals surface area contributed by atoms with E-state index in [-0.39, 0.29) is 12.3 Å². The van der Waals surface area contributed by atoms with Crippen molar-refractivity contribution in [1.82, 2.24) is 20.1 Å². The van der Waals surface area contributed by atoms with Gasteiger partial charge >= 0.3 is 0 Å². The third-order valence-corrected chi connectivity index (χ3v) is 4.87. The minimum Gasteiger partial charge on any atom is -0.362 e. The van der Waals surface area contributed by atoms with Gasteiger partial charge in [0.15, 0.2) is 0 Å². The first kappa shape index (κ1) is 19.9. The molecule has 0 aliphatic heterocycles. The molecule has 2 aromatic heterocycles. The number of aryl methyl sites for hydroxylation is 1. The SMILES string of the molecule is Cc1nn(-c2ccc(Cl)cc2)c(C)c1CC(=O)NCc1cccnc1N(C)C. The number of anilines is 1. The number of carbonyl (C=O) groups excluding carboxylic acids is 1. The van der Waals surface area contributed by atoms with E-state index in [0.29, 0.717) is 11.6 Å². The van der Waals surface area contributed by atoms with Gasteiger partial charge in [-0.25, -0.2) is 9.67 Å². The van der Waals surface area contributed by atoms with Crippen LogP contribution in [0.3, 0.4) is 0 Å². The minimum atomic E-state index is -0.0459. The standard InChI is InChI=1S/C21H24ClN5O/c1-14-19(15(2)27(25-14)18-9-7-17(22)8-10-18)12-20(28)24-13-16-6-5-11-23-21(16)26(3)4/h5-11H,12-13H2,1-4H3,(H,24,28). The molecule has 0 spiro atoms. The molecular formula is C21H24ClN5O. The monoisotopic (exact) mass is 397 g/mol. The number of pyridine rings is 1. The summed E-state index contributed by atoms with van der Waals surface area (Å²) in [5.74, 6) is 0.807. The maximum absolute atomic E-state index is 12.6. The lowest BCUT2D eigenvalue weighted by molar-refractivity contribution is -0.120. The van der Waals surface area contributed by atoms with E-state index in [1.54, 1.807) is 6.20 Å². The number of halogens is 1.